The van der Waals surface area contributed by atoms with Crippen LogP contribution in [0.5, 0.6) is 11.5 Å². The van der Waals surface area contributed by atoms with E-state index >= 15 is 0 Å². The molecule has 27 heavy (non-hydrogen) atoms. The van der Waals surface area contributed by atoms with E-state index in [1.54, 1.807) is 0 Å². The first kappa shape index (κ1) is 19.5. The van der Waals surface area contributed by atoms with E-state index < -0.39 is 0 Å². The highest BCUT2D eigenvalue weighted by Crippen LogP contribution is 2.36. The topological polar surface area (TPSA) is 42.4 Å². The molecule has 0 aliphatic rings. The van der Waals surface area contributed by atoms with Crippen molar-refractivity contribution < 1.29 is 9.84 Å². The number of benzene rings is 2. The quantitative estimate of drug-likeness (QED) is 0.491. The lowest BCUT2D eigenvalue weighted by molar-refractivity contribution is 0.289. The summed E-state index contributed by atoms with van der Waals surface area (Å²) in [5.74, 6) is 1.44. The maximum absolute atomic E-state index is 10.1. The Labute approximate surface area is 169 Å². The van der Waals surface area contributed by atoms with Gasteiger partial charge in [-0.2, -0.15) is 0 Å². The zero-order valence-electron chi connectivity index (χ0n) is 15.2. The van der Waals surface area contributed by atoms with Crippen LogP contribution in [-0.2, 0) is 0 Å². The molecule has 0 aliphatic heterocycles. The first-order chi connectivity index (χ1) is 12.9. The number of hydrogen-bond donors (Lipinski definition) is 1. The monoisotopic (exact) mass is 401 g/mol. The van der Waals surface area contributed by atoms with Crippen LogP contribution in [0.4, 0.5) is 0 Å². The zero-order chi connectivity index (χ0) is 19.4. The minimum absolute atomic E-state index is 0.0609. The molecule has 0 saturated heterocycles. The summed E-state index contributed by atoms with van der Waals surface area (Å²) < 4.78 is 5.73. The number of phenols is 1. The molecule has 140 valence electrons. The van der Waals surface area contributed by atoms with Crippen molar-refractivity contribution in [2.75, 3.05) is 6.61 Å². The van der Waals surface area contributed by atoms with Gasteiger partial charge in [0.2, 0.25) is 0 Å². The molecule has 1 heterocycles. The van der Waals surface area contributed by atoms with Gasteiger partial charge in [-0.3, -0.25) is 0 Å². The van der Waals surface area contributed by atoms with Crippen LogP contribution < -0.4 is 4.74 Å². The second-order valence-electron chi connectivity index (χ2n) is 6.75. The summed E-state index contributed by atoms with van der Waals surface area (Å²) in [6.07, 6.45) is 4.87. The molecule has 0 bridgehead atoms. The molecule has 1 aromatic heterocycles. The molecular weight excluding hydrogens is 381 g/mol. The molecule has 0 spiro atoms. The van der Waals surface area contributed by atoms with Gasteiger partial charge in [-0.15, -0.1) is 0 Å². The van der Waals surface area contributed by atoms with E-state index in [1.807, 2.05) is 48.6 Å². The van der Waals surface area contributed by atoms with Crippen molar-refractivity contribution in [2.24, 2.45) is 5.92 Å². The standard InChI is InChI=1S/C22H21Cl2NO2/c1-14(2)11-12-27-17-8-4-15(5-9-17)3-6-16-7-10-18-19(23)13-20(24)22(26)21(18)25-16/h3-10,13-14,26H,11-12H2,1-2H3. The highest BCUT2D eigenvalue weighted by molar-refractivity contribution is 6.39. The second kappa shape index (κ2) is 8.64. The Morgan fingerprint density at radius 3 is 2.48 bits per heavy atom. The maximum atomic E-state index is 10.1. The third-order valence-electron chi connectivity index (χ3n) is 4.17. The number of aromatic nitrogens is 1. The van der Waals surface area contributed by atoms with Crippen molar-refractivity contribution in [1.29, 1.82) is 0 Å². The highest BCUT2D eigenvalue weighted by Gasteiger charge is 2.10. The molecule has 5 heteroatoms. The predicted octanol–water partition coefficient (Wildman–Crippen LogP) is 6.84. The summed E-state index contributed by atoms with van der Waals surface area (Å²) in [5.41, 5.74) is 2.12. The molecule has 0 fully saturated rings. The maximum Gasteiger partial charge on any atom is 0.160 e. The van der Waals surface area contributed by atoms with E-state index in [4.69, 9.17) is 27.9 Å². The molecule has 0 radical (unpaired) electrons. The van der Waals surface area contributed by atoms with Crippen LogP contribution in [0.1, 0.15) is 31.5 Å². The summed E-state index contributed by atoms with van der Waals surface area (Å²) >= 11 is 12.1. The molecule has 0 unspecified atom stereocenters. The molecule has 3 aromatic rings. The normalized spacial score (nSPS) is 11.6. The van der Waals surface area contributed by atoms with Gasteiger partial charge in [-0.25, -0.2) is 4.98 Å². The molecule has 3 nitrogen and oxygen atoms in total. The number of phenolic OH excluding ortho intramolecular Hbond substituents is 1. The summed E-state index contributed by atoms with van der Waals surface area (Å²) in [6, 6.07) is 13.1. The van der Waals surface area contributed by atoms with E-state index in [-0.39, 0.29) is 10.8 Å². The minimum Gasteiger partial charge on any atom is -0.504 e. The number of hydrogen-bond acceptors (Lipinski definition) is 3. The van der Waals surface area contributed by atoms with Crippen LogP contribution in [-0.4, -0.2) is 16.7 Å². The fourth-order valence-electron chi connectivity index (χ4n) is 2.58. The van der Waals surface area contributed by atoms with Crippen LogP contribution in [0.25, 0.3) is 23.1 Å². The lowest BCUT2D eigenvalue weighted by Crippen LogP contribution is -2.01. The summed E-state index contributed by atoms with van der Waals surface area (Å²) in [7, 11) is 0. The van der Waals surface area contributed by atoms with Crippen LogP contribution in [0.2, 0.25) is 10.0 Å². The predicted molar refractivity (Wildman–Crippen MR) is 114 cm³/mol. The molecular formula is C22H21Cl2NO2. The van der Waals surface area contributed by atoms with Gasteiger partial charge in [0.1, 0.15) is 11.3 Å². The molecule has 3 rings (SSSR count). The summed E-state index contributed by atoms with van der Waals surface area (Å²) in [4.78, 5) is 4.46. The van der Waals surface area contributed by atoms with Crippen molar-refractivity contribution in [1.82, 2.24) is 4.98 Å². The molecule has 0 aliphatic carbocycles. The Bertz CT molecular complexity index is 966. The van der Waals surface area contributed by atoms with Crippen molar-refractivity contribution in [3.63, 3.8) is 0 Å². The van der Waals surface area contributed by atoms with Crippen LogP contribution in [0.3, 0.4) is 0 Å². The number of aromatic hydroxyl groups is 1. The molecule has 1 N–H and O–H groups in total. The van der Waals surface area contributed by atoms with Gasteiger partial charge in [0.25, 0.3) is 0 Å². The van der Waals surface area contributed by atoms with Gasteiger partial charge in [0.15, 0.2) is 5.75 Å². The van der Waals surface area contributed by atoms with Gasteiger partial charge >= 0.3 is 0 Å². The molecule has 2 aromatic carbocycles. The molecule has 0 saturated carbocycles. The summed E-state index contributed by atoms with van der Waals surface area (Å²) in [5, 5.41) is 11.5. The fraction of sp³-hybridized carbons (Fsp3) is 0.227. The summed E-state index contributed by atoms with van der Waals surface area (Å²) in [6.45, 7) is 5.09. The van der Waals surface area contributed by atoms with E-state index in [1.165, 1.54) is 6.07 Å². The average molecular weight is 402 g/mol. The Kier molecular flexibility index (Phi) is 6.25. The minimum atomic E-state index is -0.0609. The van der Waals surface area contributed by atoms with E-state index in [2.05, 4.69) is 18.8 Å². The first-order valence-corrected chi connectivity index (χ1v) is 9.58. The number of rotatable bonds is 6. The van der Waals surface area contributed by atoms with Gasteiger partial charge < -0.3 is 9.84 Å². The third-order valence-corrected chi connectivity index (χ3v) is 4.77. The zero-order valence-corrected chi connectivity index (χ0v) is 16.8. The largest absolute Gasteiger partial charge is 0.504 e. The van der Waals surface area contributed by atoms with Crippen molar-refractivity contribution in [2.45, 2.75) is 20.3 Å². The highest BCUT2D eigenvalue weighted by atomic mass is 35.5. The number of halogens is 2. The van der Waals surface area contributed by atoms with Gasteiger partial charge in [0, 0.05) is 5.39 Å². The Morgan fingerprint density at radius 1 is 1.04 bits per heavy atom. The van der Waals surface area contributed by atoms with Crippen LogP contribution in [0.15, 0.2) is 42.5 Å². The average Bonchev–Trinajstić information content (AvgIpc) is 2.65. The Morgan fingerprint density at radius 2 is 1.78 bits per heavy atom. The van der Waals surface area contributed by atoms with E-state index in [9.17, 15) is 5.11 Å². The lowest BCUT2D eigenvalue weighted by atomic mass is 10.1. The number of fused-ring (bicyclic) bond motifs is 1. The number of nitrogens with zero attached hydrogens (tertiary/aromatic N) is 1. The van der Waals surface area contributed by atoms with Crippen LogP contribution >= 0.6 is 23.2 Å². The van der Waals surface area contributed by atoms with Crippen molar-refractivity contribution in [3.05, 3.63) is 63.8 Å². The van der Waals surface area contributed by atoms with E-state index in [0.29, 0.717) is 27.5 Å². The number of ether oxygens (including phenoxy) is 1. The number of pyridine rings is 1. The van der Waals surface area contributed by atoms with E-state index in [0.717, 1.165) is 24.3 Å². The molecule has 0 atom stereocenters. The van der Waals surface area contributed by atoms with Gasteiger partial charge in [-0.05, 0) is 54.3 Å². The lowest BCUT2D eigenvalue weighted by Gasteiger charge is -2.08. The van der Waals surface area contributed by atoms with Crippen molar-refractivity contribution >= 4 is 46.3 Å². The van der Waals surface area contributed by atoms with Crippen molar-refractivity contribution in [3.8, 4) is 11.5 Å². The second-order valence-corrected chi connectivity index (χ2v) is 7.57. The Hall–Kier alpha value is -2.23. The smallest absolute Gasteiger partial charge is 0.160 e. The SMILES string of the molecule is CC(C)CCOc1ccc(C=Cc2ccc3c(Cl)cc(Cl)c(O)c3n2)cc1. The third kappa shape index (κ3) is 4.94. The van der Waals surface area contributed by atoms with Gasteiger partial charge in [0.05, 0.1) is 22.3 Å². The fourth-order valence-corrected chi connectivity index (χ4v) is 3.10. The first-order valence-electron chi connectivity index (χ1n) is 8.82. The molecule has 0 amide bonds. The van der Waals surface area contributed by atoms with Crippen LogP contribution in [0, 0.1) is 5.92 Å². The van der Waals surface area contributed by atoms with Gasteiger partial charge in [-0.1, -0.05) is 55.3 Å². The Balaban J connectivity index is 1.75.